The number of aromatic nitrogens is 3. The van der Waals surface area contributed by atoms with Crippen LogP contribution in [-0.2, 0) is 10.1 Å². The summed E-state index contributed by atoms with van der Waals surface area (Å²) >= 11 is 5.58. The number of halogens is 1. The zero-order chi connectivity index (χ0) is 13.3. The first-order valence-corrected chi connectivity index (χ1v) is 6.39. The first-order chi connectivity index (χ1) is 8.36. The highest BCUT2D eigenvalue weighted by Gasteiger charge is 2.12. The zero-order valence-electron chi connectivity index (χ0n) is 8.70. The van der Waals surface area contributed by atoms with Gasteiger partial charge in [0, 0.05) is 5.56 Å². The van der Waals surface area contributed by atoms with Gasteiger partial charge in [-0.1, -0.05) is 12.1 Å². The van der Waals surface area contributed by atoms with Crippen LogP contribution in [0.3, 0.4) is 0 Å². The smallest absolute Gasteiger partial charge is 0.282 e. The highest BCUT2D eigenvalue weighted by Crippen LogP contribution is 2.20. The quantitative estimate of drug-likeness (QED) is 0.832. The van der Waals surface area contributed by atoms with E-state index in [1.165, 1.54) is 24.3 Å². The van der Waals surface area contributed by atoms with Crippen molar-refractivity contribution in [3.05, 3.63) is 29.5 Å². The van der Waals surface area contributed by atoms with Gasteiger partial charge in [0.1, 0.15) is 0 Å². The minimum absolute atomic E-state index is 0.0606. The van der Waals surface area contributed by atoms with Gasteiger partial charge in [-0.3, -0.25) is 10.3 Å². The third kappa shape index (κ3) is 2.73. The van der Waals surface area contributed by atoms with E-state index in [0.29, 0.717) is 5.56 Å². The molecule has 1 radical (unpaired) electrons. The molecule has 1 aromatic heterocycles. The molecule has 9 heteroatoms. The predicted octanol–water partition coefficient (Wildman–Crippen LogP) is 1.35. The SMILES string of the molecule is [NH]c1nc(Cl)nc(-c2cccc(S(=O)(=O)O)c2)n1. The summed E-state index contributed by atoms with van der Waals surface area (Å²) < 4.78 is 30.9. The second kappa shape index (κ2) is 4.48. The lowest BCUT2D eigenvalue weighted by molar-refractivity contribution is 0.483. The molecule has 1 heterocycles. The highest BCUT2D eigenvalue weighted by molar-refractivity contribution is 7.85. The van der Waals surface area contributed by atoms with Crippen molar-refractivity contribution in [1.29, 1.82) is 0 Å². The van der Waals surface area contributed by atoms with Gasteiger partial charge in [-0.2, -0.15) is 23.4 Å². The summed E-state index contributed by atoms with van der Waals surface area (Å²) in [5.74, 6) is -0.271. The van der Waals surface area contributed by atoms with Gasteiger partial charge in [0.25, 0.3) is 10.1 Å². The van der Waals surface area contributed by atoms with Crippen LogP contribution in [0.5, 0.6) is 0 Å². The summed E-state index contributed by atoms with van der Waals surface area (Å²) in [6.45, 7) is 0. The summed E-state index contributed by atoms with van der Waals surface area (Å²) in [5, 5.41) is -0.165. The van der Waals surface area contributed by atoms with Crippen molar-refractivity contribution in [3.63, 3.8) is 0 Å². The van der Waals surface area contributed by atoms with Gasteiger partial charge < -0.3 is 0 Å². The van der Waals surface area contributed by atoms with Gasteiger partial charge in [0.05, 0.1) is 4.90 Å². The van der Waals surface area contributed by atoms with E-state index in [2.05, 4.69) is 15.0 Å². The lowest BCUT2D eigenvalue weighted by Crippen LogP contribution is -1.99. The maximum absolute atomic E-state index is 11.0. The van der Waals surface area contributed by atoms with Gasteiger partial charge in [0.2, 0.25) is 11.2 Å². The molecule has 2 rings (SSSR count). The van der Waals surface area contributed by atoms with Crippen LogP contribution in [0.2, 0.25) is 5.28 Å². The standard InChI is InChI=1S/C9H6ClN4O3S/c10-8-12-7(13-9(11)14-8)5-2-1-3-6(4-5)18(15,16)17/h1-4,11H,(H,15,16,17). The molecule has 1 aromatic carbocycles. The second-order valence-corrected chi connectivity index (χ2v) is 5.01. The monoisotopic (exact) mass is 285 g/mol. The molecular weight excluding hydrogens is 280 g/mol. The Kier molecular flexibility index (Phi) is 3.16. The first-order valence-electron chi connectivity index (χ1n) is 4.57. The van der Waals surface area contributed by atoms with Crippen LogP contribution in [0.15, 0.2) is 29.2 Å². The Balaban J connectivity index is 2.58. The summed E-state index contributed by atoms with van der Waals surface area (Å²) in [6.07, 6.45) is 0. The topological polar surface area (TPSA) is 117 Å². The number of rotatable bonds is 2. The number of nitrogens with zero attached hydrogens (tertiary/aromatic N) is 3. The Hall–Kier alpha value is -1.77. The molecule has 2 N–H and O–H groups in total. The van der Waals surface area contributed by atoms with E-state index in [1.807, 2.05) is 0 Å². The molecule has 0 aliphatic heterocycles. The van der Waals surface area contributed by atoms with E-state index < -0.39 is 10.1 Å². The number of nitrogens with one attached hydrogen (secondary N) is 1. The Bertz CT molecular complexity index is 684. The minimum atomic E-state index is -4.30. The van der Waals surface area contributed by atoms with Crippen molar-refractivity contribution < 1.29 is 13.0 Å². The summed E-state index contributed by atoms with van der Waals surface area (Å²) in [6, 6.07) is 5.35. The molecule has 18 heavy (non-hydrogen) atoms. The van der Waals surface area contributed by atoms with Crippen molar-refractivity contribution in [2.45, 2.75) is 4.90 Å². The van der Waals surface area contributed by atoms with E-state index in [0.717, 1.165) is 0 Å². The fourth-order valence-corrected chi connectivity index (χ4v) is 1.96. The Morgan fingerprint density at radius 2 is 1.94 bits per heavy atom. The third-order valence-corrected chi connectivity index (χ3v) is 3.02. The molecule has 0 aliphatic carbocycles. The normalized spacial score (nSPS) is 11.4. The molecule has 0 aliphatic rings. The predicted molar refractivity (Wildman–Crippen MR) is 62.8 cm³/mol. The Morgan fingerprint density at radius 1 is 1.22 bits per heavy atom. The van der Waals surface area contributed by atoms with Gasteiger partial charge in [0.15, 0.2) is 5.82 Å². The van der Waals surface area contributed by atoms with Crippen molar-refractivity contribution in [1.82, 2.24) is 20.7 Å². The maximum atomic E-state index is 11.0. The van der Waals surface area contributed by atoms with E-state index in [-0.39, 0.29) is 22.0 Å². The Morgan fingerprint density at radius 3 is 2.56 bits per heavy atom. The van der Waals surface area contributed by atoms with Gasteiger partial charge in [-0.25, -0.2) is 0 Å². The number of hydrogen-bond acceptors (Lipinski definition) is 5. The van der Waals surface area contributed by atoms with Crippen LogP contribution in [0.25, 0.3) is 11.4 Å². The van der Waals surface area contributed by atoms with E-state index in [4.69, 9.17) is 21.9 Å². The average Bonchev–Trinajstić information content (AvgIpc) is 2.27. The summed E-state index contributed by atoms with van der Waals surface area (Å²) in [7, 11) is -4.30. The van der Waals surface area contributed by atoms with Crippen LogP contribution in [0.4, 0.5) is 5.95 Å². The fraction of sp³-hybridized carbons (Fsp3) is 0. The molecule has 0 fully saturated rings. The molecule has 2 aromatic rings. The molecule has 7 nitrogen and oxygen atoms in total. The molecule has 0 unspecified atom stereocenters. The zero-order valence-corrected chi connectivity index (χ0v) is 10.3. The Labute approximate surface area is 107 Å². The van der Waals surface area contributed by atoms with E-state index >= 15 is 0 Å². The van der Waals surface area contributed by atoms with Crippen molar-refractivity contribution in [3.8, 4) is 11.4 Å². The van der Waals surface area contributed by atoms with Crippen molar-refractivity contribution >= 4 is 27.7 Å². The molecule has 0 atom stereocenters. The van der Waals surface area contributed by atoms with Gasteiger partial charge in [-0.15, -0.1) is 0 Å². The van der Waals surface area contributed by atoms with Gasteiger partial charge in [-0.05, 0) is 23.7 Å². The molecule has 0 bridgehead atoms. The maximum Gasteiger partial charge on any atom is 0.294 e. The third-order valence-electron chi connectivity index (χ3n) is 2.00. The lowest BCUT2D eigenvalue weighted by Gasteiger charge is -2.02. The molecule has 0 amide bonds. The van der Waals surface area contributed by atoms with Crippen LogP contribution in [0, 0.1) is 0 Å². The average molecular weight is 286 g/mol. The molecule has 93 valence electrons. The minimum Gasteiger partial charge on any atom is -0.282 e. The fourth-order valence-electron chi connectivity index (χ4n) is 1.27. The van der Waals surface area contributed by atoms with Crippen molar-refractivity contribution in [2.24, 2.45) is 0 Å². The second-order valence-electron chi connectivity index (χ2n) is 3.25. The molecule has 0 saturated carbocycles. The van der Waals surface area contributed by atoms with Gasteiger partial charge >= 0.3 is 0 Å². The van der Waals surface area contributed by atoms with Crippen molar-refractivity contribution in [2.75, 3.05) is 0 Å². The largest absolute Gasteiger partial charge is 0.294 e. The van der Waals surface area contributed by atoms with E-state index in [1.54, 1.807) is 0 Å². The lowest BCUT2D eigenvalue weighted by atomic mass is 10.2. The van der Waals surface area contributed by atoms with E-state index in [9.17, 15) is 8.42 Å². The number of benzene rings is 1. The number of hydrogen-bond donors (Lipinski definition) is 1. The summed E-state index contributed by atoms with van der Waals surface area (Å²) in [5.41, 5.74) is 7.60. The molecule has 0 saturated heterocycles. The van der Waals surface area contributed by atoms with Crippen LogP contribution >= 0.6 is 11.6 Å². The van der Waals surface area contributed by atoms with Crippen LogP contribution in [-0.4, -0.2) is 27.9 Å². The summed E-state index contributed by atoms with van der Waals surface area (Å²) in [4.78, 5) is 10.7. The molecular formula is C9H6ClN4O3S. The molecule has 0 spiro atoms. The van der Waals surface area contributed by atoms with Crippen LogP contribution < -0.4 is 5.73 Å². The van der Waals surface area contributed by atoms with Crippen LogP contribution in [0.1, 0.15) is 0 Å². The first kappa shape index (κ1) is 12.7. The highest BCUT2D eigenvalue weighted by atomic mass is 35.5.